The van der Waals surface area contributed by atoms with Gasteiger partial charge in [0.05, 0.1) is 17.6 Å². The second-order valence-corrected chi connectivity index (χ2v) is 7.00. The predicted octanol–water partition coefficient (Wildman–Crippen LogP) is 2.89. The van der Waals surface area contributed by atoms with Crippen LogP contribution >= 0.6 is 0 Å². The van der Waals surface area contributed by atoms with Gasteiger partial charge in [-0.05, 0) is 42.7 Å². The number of pyridine rings is 1. The molecule has 1 saturated heterocycles. The smallest absolute Gasteiger partial charge is 0.121 e. The van der Waals surface area contributed by atoms with E-state index in [2.05, 4.69) is 51.8 Å². The van der Waals surface area contributed by atoms with Crippen LogP contribution in [0.5, 0.6) is 0 Å². The maximum absolute atomic E-state index is 4.83. The number of hydrogen-bond acceptors (Lipinski definition) is 4. The topological polar surface area (TPSA) is 48.1 Å². The molecular weight excluding hydrogens is 310 g/mol. The number of aromatic amines is 1. The first-order valence-electron chi connectivity index (χ1n) is 8.97. The number of hydrogen-bond donors (Lipinski definition) is 1. The fraction of sp³-hybridized carbons (Fsp3) is 0.400. The molecule has 5 nitrogen and oxygen atoms in total. The molecule has 0 atom stereocenters. The molecule has 0 spiro atoms. The van der Waals surface area contributed by atoms with Crippen molar-refractivity contribution in [2.75, 3.05) is 26.2 Å². The number of piperazine rings is 1. The molecular formula is C20H25N5. The van der Waals surface area contributed by atoms with Crippen LogP contribution in [0.3, 0.4) is 0 Å². The van der Waals surface area contributed by atoms with E-state index in [4.69, 9.17) is 4.98 Å². The van der Waals surface area contributed by atoms with Crippen molar-refractivity contribution in [1.29, 1.82) is 0 Å². The SMILES string of the molecule is Cc1ccc2[nH]c(CN3CCN(Cc4cccnc4)CC3)nc2c1C. The van der Waals surface area contributed by atoms with Gasteiger partial charge in [-0.3, -0.25) is 14.8 Å². The molecule has 5 heteroatoms. The average Bonchev–Trinajstić information content (AvgIpc) is 3.04. The first kappa shape index (κ1) is 16.2. The number of rotatable bonds is 4. The van der Waals surface area contributed by atoms with Crippen molar-refractivity contribution in [2.45, 2.75) is 26.9 Å². The zero-order valence-corrected chi connectivity index (χ0v) is 15.0. The summed E-state index contributed by atoms with van der Waals surface area (Å²) in [6.45, 7) is 10.5. The van der Waals surface area contributed by atoms with Gasteiger partial charge in [0.1, 0.15) is 5.82 Å². The number of imidazole rings is 1. The Hall–Kier alpha value is -2.24. The third-order valence-corrected chi connectivity index (χ3v) is 5.19. The minimum atomic E-state index is 0.897. The molecule has 3 heterocycles. The Balaban J connectivity index is 1.36. The molecule has 0 amide bonds. The number of aromatic nitrogens is 3. The van der Waals surface area contributed by atoms with E-state index < -0.39 is 0 Å². The second kappa shape index (κ2) is 6.94. The molecule has 4 rings (SSSR count). The molecule has 0 saturated carbocycles. The van der Waals surface area contributed by atoms with Crippen LogP contribution in [0.15, 0.2) is 36.7 Å². The van der Waals surface area contributed by atoms with Gasteiger partial charge >= 0.3 is 0 Å². The highest BCUT2D eigenvalue weighted by atomic mass is 15.3. The summed E-state index contributed by atoms with van der Waals surface area (Å²) in [5, 5.41) is 0. The van der Waals surface area contributed by atoms with Gasteiger partial charge in [0.2, 0.25) is 0 Å². The summed E-state index contributed by atoms with van der Waals surface area (Å²) in [6, 6.07) is 8.46. The Labute approximate surface area is 148 Å². The number of fused-ring (bicyclic) bond motifs is 1. The summed E-state index contributed by atoms with van der Waals surface area (Å²) in [7, 11) is 0. The highest BCUT2D eigenvalue weighted by molar-refractivity contribution is 5.79. The third kappa shape index (κ3) is 3.57. The molecule has 3 aromatic rings. The van der Waals surface area contributed by atoms with Crippen molar-refractivity contribution in [1.82, 2.24) is 24.8 Å². The van der Waals surface area contributed by atoms with E-state index >= 15 is 0 Å². The fourth-order valence-corrected chi connectivity index (χ4v) is 3.51. The summed E-state index contributed by atoms with van der Waals surface area (Å²) < 4.78 is 0. The Kier molecular flexibility index (Phi) is 4.51. The number of nitrogens with zero attached hydrogens (tertiary/aromatic N) is 4. The zero-order valence-electron chi connectivity index (χ0n) is 15.0. The van der Waals surface area contributed by atoms with Gasteiger partial charge in [0, 0.05) is 45.1 Å². The van der Waals surface area contributed by atoms with Gasteiger partial charge in [-0.1, -0.05) is 12.1 Å². The minimum absolute atomic E-state index is 0.897. The van der Waals surface area contributed by atoms with E-state index in [1.165, 1.54) is 16.7 Å². The Morgan fingerprint density at radius 2 is 1.76 bits per heavy atom. The maximum atomic E-state index is 4.83. The van der Waals surface area contributed by atoms with Crippen LogP contribution < -0.4 is 0 Å². The third-order valence-electron chi connectivity index (χ3n) is 5.19. The number of H-pyrrole nitrogens is 1. The van der Waals surface area contributed by atoms with Crippen molar-refractivity contribution in [3.8, 4) is 0 Å². The van der Waals surface area contributed by atoms with E-state index in [0.29, 0.717) is 0 Å². The largest absolute Gasteiger partial charge is 0.341 e. The van der Waals surface area contributed by atoms with Crippen LogP contribution in [0, 0.1) is 13.8 Å². The summed E-state index contributed by atoms with van der Waals surface area (Å²) in [5.41, 5.74) is 6.13. The van der Waals surface area contributed by atoms with E-state index in [1.807, 2.05) is 18.5 Å². The van der Waals surface area contributed by atoms with Crippen LogP contribution in [0.25, 0.3) is 11.0 Å². The maximum Gasteiger partial charge on any atom is 0.121 e. The Morgan fingerprint density at radius 1 is 1.00 bits per heavy atom. The van der Waals surface area contributed by atoms with Gasteiger partial charge in [0.15, 0.2) is 0 Å². The predicted molar refractivity (Wildman–Crippen MR) is 100 cm³/mol. The summed E-state index contributed by atoms with van der Waals surface area (Å²) >= 11 is 0. The van der Waals surface area contributed by atoms with E-state index in [9.17, 15) is 0 Å². The van der Waals surface area contributed by atoms with E-state index in [1.54, 1.807) is 0 Å². The molecule has 0 bridgehead atoms. The molecule has 0 radical (unpaired) electrons. The lowest BCUT2D eigenvalue weighted by atomic mass is 10.1. The van der Waals surface area contributed by atoms with Crippen LogP contribution in [-0.4, -0.2) is 50.9 Å². The van der Waals surface area contributed by atoms with Crippen molar-refractivity contribution in [3.63, 3.8) is 0 Å². The molecule has 25 heavy (non-hydrogen) atoms. The first-order chi connectivity index (χ1) is 12.2. The lowest BCUT2D eigenvalue weighted by molar-refractivity contribution is 0.120. The number of nitrogens with one attached hydrogen (secondary N) is 1. The molecule has 1 aliphatic heterocycles. The van der Waals surface area contributed by atoms with Crippen LogP contribution in [0.1, 0.15) is 22.5 Å². The summed E-state index contributed by atoms with van der Waals surface area (Å²) in [6.07, 6.45) is 3.79. The zero-order chi connectivity index (χ0) is 17.2. The summed E-state index contributed by atoms with van der Waals surface area (Å²) in [4.78, 5) is 17.5. The summed E-state index contributed by atoms with van der Waals surface area (Å²) in [5.74, 6) is 1.07. The highest BCUT2D eigenvalue weighted by Gasteiger charge is 2.18. The van der Waals surface area contributed by atoms with Crippen molar-refractivity contribution >= 4 is 11.0 Å². The normalized spacial score (nSPS) is 16.6. The van der Waals surface area contributed by atoms with Gasteiger partial charge in [0.25, 0.3) is 0 Å². The van der Waals surface area contributed by atoms with Crippen molar-refractivity contribution in [2.24, 2.45) is 0 Å². The average molecular weight is 335 g/mol. The lowest BCUT2D eigenvalue weighted by Crippen LogP contribution is -2.45. The lowest BCUT2D eigenvalue weighted by Gasteiger charge is -2.34. The minimum Gasteiger partial charge on any atom is -0.341 e. The van der Waals surface area contributed by atoms with E-state index in [0.717, 1.165) is 56.1 Å². The van der Waals surface area contributed by atoms with Crippen LogP contribution in [0.2, 0.25) is 0 Å². The molecule has 1 aliphatic rings. The molecule has 1 N–H and O–H groups in total. The van der Waals surface area contributed by atoms with Gasteiger partial charge in [-0.25, -0.2) is 4.98 Å². The standard InChI is InChI=1S/C20H25N5/c1-15-5-6-18-20(16(15)2)23-19(22-18)14-25-10-8-24(9-11-25)13-17-4-3-7-21-12-17/h3-7,12H,8-11,13-14H2,1-2H3,(H,22,23). The molecule has 1 fully saturated rings. The highest BCUT2D eigenvalue weighted by Crippen LogP contribution is 2.20. The second-order valence-electron chi connectivity index (χ2n) is 7.00. The molecule has 2 aromatic heterocycles. The Bertz CT molecular complexity index is 847. The molecule has 1 aromatic carbocycles. The quantitative estimate of drug-likeness (QED) is 0.796. The molecule has 130 valence electrons. The van der Waals surface area contributed by atoms with Gasteiger partial charge in [-0.2, -0.15) is 0 Å². The van der Waals surface area contributed by atoms with Gasteiger partial charge < -0.3 is 4.98 Å². The first-order valence-corrected chi connectivity index (χ1v) is 8.97. The molecule has 0 unspecified atom stereocenters. The fourth-order valence-electron chi connectivity index (χ4n) is 3.51. The number of aryl methyl sites for hydroxylation is 2. The van der Waals surface area contributed by atoms with E-state index in [-0.39, 0.29) is 0 Å². The van der Waals surface area contributed by atoms with Crippen LogP contribution in [-0.2, 0) is 13.1 Å². The monoisotopic (exact) mass is 335 g/mol. The molecule has 0 aliphatic carbocycles. The number of benzene rings is 1. The van der Waals surface area contributed by atoms with Crippen LogP contribution in [0.4, 0.5) is 0 Å². The van der Waals surface area contributed by atoms with Crippen molar-refractivity contribution in [3.05, 3.63) is 59.2 Å². The van der Waals surface area contributed by atoms with Crippen molar-refractivity contribution < 1.29 is 0 Å². The Morgan fingerprint density at radius 3 is 2.48 bits per heavy atom. The van der Waals surface area contributed by atoms with Gasteiger partial charge in [-0.15, -0.1) is 0 Å².